The summed E-state index contributed by atoms with van der Waals surface area (Å²) in [6, 6.07) is 11.5. The molecule has 3 heterocycles. The van der Waals surface area contributed by atoms with E-state index in [2.05, 4.69) is 37.2 Å². The smallest absolute Gasteiger partial charge is 0.273 e. The molecule has 0 aliphatic carbocycles. The molecule has 1 aromatic carbocycles. The van der Waals surface area contributed by atoms with Crippen LogP contribution in [0.25, 0.3) is 0 Å². The van der Waals surface area contributed by atoms with E-state index in [0.29, 0.717) is 24.7 Å². The summed E-state index contributed by atoms with van der Waals surface area (Å²) in [5.74, 6) is 0.279. The van der Waals surface area contributed by atoms with Crippen LogP contribution in [0.4, 0.5) is 5.95 Å². The number of hydrogen-bond donors (Lipinski definition) is 1. The SMILES string of the molecule is CNC(=O)[C@@H]1CN(CCc2ccccc2)CCN1C(=O)c1cc(C)nc(N2CCCCC2)n1. The zero-order chi connectivity index (χ0) is 23.2. The second kappa shape index (κ2) is 10.7. The highest BCUT2D eigenvalue weighted by Crippen LogP contribution is 2.19. The molecule has 0 saturated carbocycles. The van der Waals surface area contributed by atoms with Gasteiger partial charge in [0.1, 0.15) is 11.7 Å². The monoisotopic (exact) mass is 450 g/mol. The number of likely N-dealkylation sites (N-methyl/N-ethyl adjacent to an activating group) is 1. The number of aromatic nitrogens is 2. The lowest BCUT2D eigenvalue weighted by atomic mass is 10.1. The van der Waals surface area contributed by atoms with E-state index in [1.54, 1.807) is 18.0 Å². The Balaban J connectivity index is 1.48. The fourth-order valence-electron chi connectivity index (χ4n) is 4.65. The van der Waals surface area contributed by atoms with E-state index >= 15 is 0 Å². The minimum atomic E-state index is -0.541. The van der Waals surface area contributed by atoms with Crippen molar-refractivity contribution in [1.82, 2.24) is 25.1 Å². The lowest BCUT2D eigenvalue weighted by molar-refractivity contribution is -0.127. The second-order valence-corrected chi connectivity index (χ2v) is 8.91. The van der Waals surface area contributed by atoms with Gasteiger partial charge in [0, 0.05) is 52.0 Å². The first kappa shape index (κ1) is 23.2. The topological polar surface area (TPSA) is 81.7 Å². The maximum absolute atomic E-state index is 13.5. The number of carbonyl (C=O) groups is 2. The number of hydrogen-bond acceptors (Lipinski definition) is 6. The molecule has 2 aliphatic heterocycles. The van der Waals surface area contributed by atoms with Gasteiger partial charge in [-0.3, -0.25) is 14.5 Å². The van der Waals surface area contributed by atoms with Crippen molar-refractivity contribution in [3.05, 3.63) is 53.3 Å². The first-order valence-corrected chi connectivity index (χ1v) is 11.9. The maximum Gasteiger partial charge on any atom is 0.273 e. The molecule has 1 aromatic heterocycles. The molecular formula is C25H34N6O2. The van der Waals surface area contributed by atoms with Crippen LogP contribution in [-0.2, 0) is 11.2 Å². The Labute approximate surface area is 196 Å². The summed E-state index contributed by atoms with van der Waals surface area (Å²) in [6.07, 6.45) is 4.37. The van der Waals surface area contributed by atoms with Crippen LogP contribution in [0, 0.1) is 6.92 Å². The molecule has 4 rings (SSSR count). The van der Waals surface area contributed by atoms with Gasteiger partial charge in [-0.1, -0.05) is 30.3 Å². The van der Waals surface area contributed by atoms with Crippen molar-refractivity contribution in [1.29, 1.82) is 0 Å². The maximum atomic E-state index is 13.5. The van der Waals surface area contributed by atoms with Crippen LogP contribution in [0.3, 0.4) is 0 Å². The summed E-state index contributed by atoms with van der Waals surface area (Å²) in [6.45, 7) is 6.31. The Bertz CT molecular complexity index is 961. The molecule has 2 amide bonds. The van der Waals surface area contributed by atoms with E-state index in [9.17, 15) is 9.59 Å². The Kier molecular flexibility index (Phi) is 7.54. The van der Waals surface area contributed by atoms with Crippen LogP contribution >= 0.6 is 0 Å². The first-order chi connectivity index (χ1) is 16.0. The molecule has 2 aliphatic rings. The summed E-state index contributed by atoms with van der Waals surface area (Å²) < 4.78 is 0. The molecule has 176 valence electrons. The van der Waals surface area contributed by atoms with E-state index in [0.717, 1.165) is 51.1 Å². The van der Waals surface area contributed by atoms with Crippen molar-refractivity contribution in [3.63, 3.8) is 0 Å². The zero-order valence-electron chi connectivity index (χ0n) is 19.7. The zero-order valence-corrected chi connectivity index (χ0v) is 19.7. The predicted octanol–water partition coefficient (Wildman–Crippen LogP) is 1.89. The highest BCUT2D eigenvalue weighted by molar-refractivity contribution is 5.96. The number of benzene rings is 1. The van der Waals surface area contributed by atoms with Gasteiger partial charge in [0.2, 0.25) is 11.9 Å². The molecule has 33 heavy (non-hydrogen) atoms. The quantitative estimate of drug-likeness (QED) is 0.724. The van der Waals surface area contributed by atoms with Crippen LogP contribution < -0.4 is 10.2 Å². The number of nitrogens with zero attached hydrogens (tertiary/aromatic N) is 5. The van der Waals surface area contributed by atoms with Gasteiger partial charge in [-0.2, -0.15) is 0 Å². The average molecular weight is 451 g/mol. The summed E-state index contributed by atoms with van der Waals surface area (Å²) in [7, 11) is 1.62. The van der Waals surface area contributed by atoms with Crippen LogP contribution in [0.5, 0.6) is 0 Å². The van der Waals surface area contributed by atoms with Crippen molar-refractivity contribution >= 4 is 17.8 Å². The molecule has 2 saturated heterocycles. The molecular weight excluding hydrogens is 416 g/mol. The van der Waals surface area contributed by atoms with Gasteiger partial charge in [0.15, 0.2) is 0 Å². The van der Waals surface area contributed by atoms with E-state index in [4.69, 9.17) is 0 Å². The number of amides is 2. The molecule has 0 spiro atoms. The van der Waals surface area contributed by atoms with Crippen molar-refractivity contribution in [2.24, 2.45) is 0 Å². The predicted molar refractivity (Wildman–Crippen MR) is 128 cm³/mol. The molecule has 2 fully saturated rings. The van der Waals surface area contributed by atoms with Crippen molar-refractivity contribution in [2.75, 3.05) is 51.2 Å². The number of piperazine rings is 1. The van der Waals surface area contributed by atoms with Gasteiger partial charge in [-0.15, -0.1) is 0 Å². The highest BCUT2D eigenvalue weighted by atomic mass is 16.2. The number of carbonyl (C=O) groups excluding carboxylic acids is 2. The van der Waals surface area contributed by atoms with Gasteiger partial charge in [-0.25, -0.2) is 9.97 Å². The van der Waals surface area contributed by atoms with Crippen LogP contribution in [0.2, 0.25) is 0 Å². The fourth-order valence-corrected chi connectivity index (χ4v) is 4.65. The minimum Gasteiger partial charge on any atom is -0.357 e. The third kappa shape index (κ3) is 5.68. The van der Waals surface area contributed by atoms with Crippen molar-refractivity contribution in [3.8, 4) is 0 Å². The molecule has 2 aromatic rings. The fraction of sp³-hybridized carbons (Fsp3) is 0.520. The first-order valence-electron chi connectivity index (χ1n) is 11.9. The molecule has 0 unspecified atom stereocenters. The van der Waals surface area contributed by atoms with Crippen LogP contribution in [0.1, 0.15) is 41.0 Å². The standard InChI is InChI=1S/C25H34N6O2/c1-19-17-21(28-25(27-19)30-12-7-4-8-13-30)24(33)31-16-15-29(18-22(31)23(32)26-2)14-11-20-9-5-3-6-10-20/h3,5-6,9-10,17,22H,4,7-8,11-16,18H2,1-2H3,(H,26,32)/t22-/m0/s1. The van der Waals surface area contributed by atoms with Crippen molar-refractivity contribution < 1.29 is 9.59 Å². The number of nitrogens with one attached hydrogen (secondary N) is 1. The number of rotatable bonds is 6. The normalized spacial score (nSPS) is 19.4. The molecule has 8 nitrogen and oxygen atoms in total. The van der Waals surface area contributed by atoms with E-state index in [1.165, 1.54) is 12.0 Å². The molecule has 1 N–H and O–H groups in total. The summed E-state index contributed by atoms with van der Waals surface area (Å²) in [5, 5.41) is 2.74. The lowest BCUT2D eigenvalue weighted by Gasteiger charge is -2.40. The number of piperidine rings is 1. The summed E-state index contributed by atoms with van der Waals surface area (Å²) in [4.78, 5) is 41.6. The average Bonchev–Trinajstić information content (AvgIpc) is 2.87. The Morgan fingerprint density at radius 2 is 1.79 bits per heavy atom. The lowest BCUT2D eigenvalue weighted by Crippen LogP contribution is -2.60. The van der Waals surface area contributed by atoms with Gasteiger partial charge >= 0.3 is 0 Å². The molecule has 0 radical (unpaired) electrons. The summed E-state index contributed by atoms with van der Waals surface area (Å²) in [5.41, 5.74) is 2.41. The number of anilines is 1. The van der Waals surface area contributed by atoms with E-state index in [1.807, 2.05) is 25.1 Å². The number of aryl methyl sites for hydroxylation is 1. The van der Waals surface area contributed by atoms with Crippen LogP contribution in [0.15, 0.2) is 36.4 Å². The Hall–Kier alpha value is -3.00. The highest BCUT2D eigenvalue weighted by Gasteiger charge is 2.36. The Morgan fingerprint density at radius 1 is 1.03 bits per heavy atom. The van der Waals surface area contributed by atoms with Gasteiger partial charge in [-0.05, 0) is 44.2 Å². The van der Waals surface area contributed by atoms with E-state index < -0.39 is 6.04 Å². The van der Waals surface area contributed by atoms with Gasteiger partial charge in [0.25, 0.3) is 5.91 Å². The minimum absolute atomic E-state index is 0.144. The molecule has 1 atom stereocenters. The third-order valence-corrected chi connectivity index (χ3v) is 6.53. The Morgan fingerprint density at radius 3 is 2.52 bits per heavy atom. The van der Waals surface area contributed by atoms with Crippen LogP contribution in [-0.4, -0.2) is 83.9 Å². The largest absolute Gasteiger partial charge is 0.357 e. The second-order valence-electron chi connectivity index (χ2n) is 8.91. The van der Waals surface area contributed by atoms with Crippen molar-refractivity contribution in [2.45, 2.75) is 38.6 Å². The van der Waals surface area contributed by atoms with E-state index in [-0.39, 0.29) is 11.8 Å². The molecule has 8 heteroatoms. The van der Waals surface area contributed by atoms with Gasteiger partial charge < -0.3 is 15.1 Å². The van der Waals surface area contributed by atoms with Gasteiger partial charge in [0.05, 0.1) is 0 Å². The third-order valence-electron chi connectivity index (χ3n) is 6.53. The molecule has 0 bridgehead atoms. The summed E-state index contributed by atoms with van der Waals surface area (Å²) >= 11 is 0.